The molecule has 6 nitrogen and oxygen atoms in total. The SMILES string of the molecule is CS(=O)(=O)c1sc(C(=O)O)c(-c2ccc(-c3ccccc3C#N)cc2)c1C#N. The van der Waals surface area contributed by atoms with Crippen LogP contribution in [0.4, 0.5) is 0 Å². The maximum atomic E-state index is 12.0. The van der Waals surface area contributed by atoms with Crippen LogP contribution in [-0.4, -0.2) is 25.7 Å². The lowest BCUT2D eigenvalue weighted by Crippen LogP contribution is -1.97. The highest BCUT2D eigenvalue weighted by Gasteiger charge is 2.28. The van der Waals surface area contributed by atoms with Crippen molar-refractivity contribution in [3.63, 3.8) is 0 Å². The van der Waals surface area contributed by atoms with E-state index in [0.29, 0.717) is 22.5 Å². The molecule has 0 amide bonds. The highest BCUT2D eigenvalue weighted by Crippen LogP contribution is 2.39. The third-order valence-electron chi connectivity index (χ3n) is 4.05. The predicted molar refractivity (Wildman–Crippen MR) is 105 cm³/mol. The first kappa shape index (κ1) is 19.3. The van der Waals surface area contributed by atoms with Gasteiger partial charge in [-0.1, -0.05) is 42.5 Å². The van der Waals surface area contributed by atoms with Gasteiger partial charge >= 0.3 is 5.97 Å². The van der Waals surface area contributed by atoms with Crippen molar-refractivity contribution in [2.45, 2.75) is 4.21 Å². The number of nitriles is 2. The van der Waals surface area contributed by atoms with Crippen molar-refractivity contribution >= 4 is 27.1 Å². The molecule has 0 aliphatic heterocycles. The molecule has 0 fully saturated rings. The summed E-state index contributed by atoms with van der Waals surface area (Å²) in [7, 11) is -3.75. The quantitative estimate of drug-likeness (QED) is 0.699. The third kappa shape index (κ3) is 3.39. The summed E-state index contributed by atoms with van der Waals surface area (Å²) in [6, 6.07) is 17.6. The molecule has 0 radical (unpaired) electrons. The van der Waals surface area contributed by atoms with E-state index in [1.807, 2.05) is 6.07 Å². The summed E-state index contributed by atoms with van der Waals surface area (Å²) in [5.41, 5.74) is 2.29. The molecule has 0 saturated heterocycles. The summed E-state index contributed by atoms with van der Waals surface area (Å²) < 4.78 is 23.7. The molecule has 1 N–H and O–H groups in total. The summed E-state index contributed by atoms with van der Waals surface area (Å²) in [4.78, 5) is 11.4. The van der Waals surface area contributed by atoms with E-state index in [1.54, 1.807) is 48.5 Å². The fourth-order valence-electron chi connectivity index (χ4n) is 2.85. The first-order valence-electron chi connectivity index (χ1n) is 7.88. The van der Waals surface area contributed by atoms with E-state index in [1.165, 1.54) is 0 Å². The average Bonchev–Trinajstić information content (AvgIpc) is 3.08. The van der Waals surface area contributed by atoms with Gasteiger partial charge in [-0.2, -0.15) is 10.5 Å². The number of nitrogens with zero attached hydrogens (tertiary/aromatic N) is 2. The lowest BCUT2D eigenvalue weighted by atomic mass is 9.96. The van der Waals surface area contributed by atoms with Gasteiger partial charge in [-0.25, -0.2) is 13.2 Å². The third-order valence-corrected chi connectivity index (χ3v) is 7.06. The van der Waals surface area contributed by atoms with E-state index < -0.39 is 15.8 Å². The normalized spacial score (nSPS) is 10.8. The highest BCUT2D eigenvalue weighted by atomic mass is 32.2. The van der Waals surface area contributed by atoms with Crippen LogP contribution in [0.2, 0.25) is 0 Å². The number of carboxylic acids is 1. The lowest BCUT2D eigenvalue weighted by Gasteiger charge is -2.07. The molecule has 0 atom stereocenters. The van der Waals surface area contributed by atoms with Crippen LogP contribution in [0.3, 0.4) is 0 Å². The Balaban J connectivity index is 2.20. The van der Waals surface area contributed by atoms with Crippen molar-refractivity contribution < 1.29 is 18.3 Å². The van der Waals surface area contributed by atoms with Crippen molar-refractivity contribution in [3.8, 4) is 34.4 Å². The molecule has 0 saturated carbocycles. The monoisotopic (exact) mass is 408 g/mol. The second-order valence-corrected chi connectivity index (χ2v) is 9.12. The van der Waals surface area contributed by atoms with Crippen molar-refractivity contribution in [2.75, 3.05) is 6.26 Å². The minimum absolute atomic E-state index is 0.0838. The summed E-state index contributed by atoms with van der Waals surface area (Å²) >= 11 is 0.574. The molecule has 0 bridgehead atoms. The van der Waals surface area contributed by atoms with Crippen LogP contribution in [0.25, 0.3) is 22.3 Å². The minimum atomic E-state index is -3.75. The van der Waals surface area contributed by atoms with E-state index in [4.69, 9.17) is 0 Å². The molecule has 8 heteroatoms. The molecule has 28 heavy (non-hydrogen) atoms. The zero-order valence-electron chi connectivity index (χ0n) is 14.5. The lowest BCUT2D eigenvalue weighted by molar-refractivity contribution is 0.0703. The number of carboxylic acid groups (broad SMARTS) is 1. The zero-order chi connectivity index (χ0) is 20.5. The van der Waals surface area contributed by atoms with Gasteiger partial charge in [0.2, 0.25) is 0 Å². The predicted octanol–water partition coefficient (Wildman–Crippen LogP) is 3.93. The van der Waals surface area contributed by atoms with Gasteiger partial charge in [-0.3, -0.25) is 0 Å². The van der Waals surface area contributed by atoms with Crippen LogP contribution < -0.4 is 0 Å². The Labute approximate surface area is 165 Å². The van der Waals surface area contributed by atoms with E-state index in [9.17, 15) is 28.8 Å². The molecule has 3 aromatic rings. The number of hydrogen-bond acceptors (Lipinski definition) is 6. The first-order valence-corrected chi connectivity index (χ1v) is 10.6. The molecule has 0 unspecified atom stereocenters. The van der Waals surface area contributed by atoms with Crippen LogP contribution >= 0.6 is 11.3 Å². The fraction of sp³-hybridized carbons (Fsp3) is 0.0500. The molecular formula is C20H12N2O4S2. The van der Waals surface area contributed by atoms with E-state index in [-0.39, 0.29) is 20.2 Å². The second kappa shape index (κ2) is 7.28. The molecule has 2 aromatic carbocycles. The molecule has 1 aromatic heterocycles. The Kier molecular flexibility index (Phi) is 5.02. The average molecular weight is 408 g/mol. The van der Waals surface area contributed by atoms with Crippen molar-refractivity contribution in [1.82, 2.24) is 0 Å². The van der Waals surface area contributed by atoms with Gasteiger partial charge in [0.25, 0.3) is 0 Å². The van der Waals surface area contributed by atoms with Gasteiger partial charge in [-0.15, -0.1) is 11.3 Å². The summed E-state index contributed by atoms with van der Waals surface area (Å²) in [5.74, 6) is -1.30. The van der Waals surface area contributed by atoms with E-state index in [0.717, 1.165) is 17.4 Å². The molecule has 0 spiro atoms. The van der Waals surface area contributed by atoms with E-state index in [2.05, 4.69) is 6.07 Å². The topological polar surface area (TPSA) is 119 Å². The minimum Gasteiger partial charge on any atom is -0.477 e. The number of hydrogen-bond donors (Lipinski definition) is 1. The number of thiophene rings is 1. The van der Waals surface area contributed by atoms with E-state index >= 15 is 0 Å². The van der Waals surface area contributed by atoms with Gasteiger partial charge in [0.15, 0.2) is 9.84 Å². The molecular weight excluding hydrogens is 396 g/mol. The second-order valence-electron chi connectivity index (χ2n) is 5.89. The van der Waals surface area contributed by atoms with Crippen LogP contribution in [0, 0.1) is 22.7 Å². The van der Waals surface area contributed by atoms with Crippen molar-refractivity contribution in [2.24, 2.45) is 0 Å². The Morgan fingerprint density at radius 1 is 1.00 bits per heavy atom. The molecule has 0 aliphatic carbocycles. The van der Waals surface area contributed by atoms with Crippen molar-refractivity contribution in [3.05, 3.63) is 64.5 Å². The smallest absolute Gasteiger partial charge is 0.346 e. The van der Waals surface area contributed by atoms with Gasteiger partial charge in [-0.05, 0) is 22.8 Å². The van der Waals surface area contributed by atoms with Gasteiger partial charge in [0, 0.05) is 11.8 Å². The Morgan fingerprint density at radius 2 is 1.61 bits per heavy atom. The molecule has 138 valence electrons. The largest absolute Gasteiger partial charge is 0.477 e. The summed E-state index contributed by atoms with van der Waals surface area (Å²) in [6.07, 6.45) is 0.941. The first-order chi connectivity index (χ1) is 13.3. The number of benzene rings is 2. The number of sulfone groups is 1. The van der Waals surface area contributed by atoms with Gasteiger partial charge in [0.05, 0.1) is 17.2 Å². The van der Waals surface area contributed by atoms with Crippen molar-refractivity contribution in [1.29, 1.82) is 10.5 Å². The Hall–Kier alpha value is -3.46. The summed E-state index contributed by atoms with van der Waals surface area (Å²) in [5, 5.41) is 28.2. The highest BCUT2D eigenvalue weighted by molar-refractivity contribution is 7.92. The standard InChI is InChI=1S/C20H12N2O4S2/c1-28(25,26)20-16(11-22)17(18(27-20)19(23)24)13-8-6-12(7-9-13)15-5-3-2-4-14(15)10-21/h2-9H,1H3,(H,23,24). The number of rotatable bonds is 4. The molecule has 0 aliphatic rings. The maximum absolute atomic E-state index is 12.0. The van der Waals surface area contributed by atoms with Crippen LogP contribution in [0.5, 0.6) is 0 Å². The Bertz CT molecular complexity index is 1280. The fourth-order valence-corrected chi connectivity index (χ4v) is 5.07. The van der Waals surface area contributed by atoms with Crippen LogP contribution in [0.15, 0.2) is 52.7 Å². The zero-order valence-corrected chi connectivity index (χ0v) is 16.1. The molecule has 1 heterocycles. The number of aromatic carboxylic acids is 1. The van der Waals surface area contributed by atoms with Crippen LogP contribution in [0.1, 0.15) is 20.8 Å². The van der Waals surface area contributed by atoms with Gasteiger partial charge in [0.1, 0.15) is 15.2 Å². The van der Waals surface area contributed by atoms with Gasteiger partial charge < -0.3 is 5.11 Å². The number of carbonyl (C=O) groups is 1. The van der Waals surface area contributed by atoms with Crippen LogP contribution in [-0.2, 0) is 9.84 Å². The summed E-state index contributed by atoms with van der Waals surface area (Å²) in [6.45, 7) is 0. The Morgan fingerprint density at radius 3 is 2.14 bits per heavy atom. The maximum Gasteiger partial charge on any atom is 0.346 e. The molecule has 3 rings (SSSR count).